The lowest BCUT2D eigenvalue weighted by molar-refractivity contribution is -0.387. The summed E-state index contributed by atoms with van der Waals surface area (Å²) in [7, 11) is 0. The molecule has 0 aliphatic carbocycles. The van der Waals surface area contributed by atoms with Gasteiger partial charge in [-0.25, -0.2) is 8.78 Å². The highest BCUT2D eigenvalue weighted by atomic mass is 79.9. The summed E-state index contributed by atoms with van der Waals surface area (Å²) < 4.78 is 51.0. The highest BCUT2D eigenvalue weighted by Crippen LogP contribution is 2.22. The van der Waals surface area contributed by atoms with E-state index in [-0.39, 0.29) is 16.5 Å². The number of benzene rings is 2. The van der Waals surface area contributed by atoms with E-state index in [1.165, 1.54) is 6.92 Å². The van der Waals surface area contributed by atoms with Crippen LogP contribution in [0, 0.1) is 50.4 Å². The number of rotatable bonds is 3. The van der Waals surface area contributed by atoms with E-state index >= 15 is 0 Å². The molecule has 0 atom stereocenters. The van der Waals surface area contributed by atoms with Gasteiger partial charge in [0.1, 0.15) is 11.6 Å². The van der Waals surface area contributed by atoms with Crippen LogP contribution in [0.3, 0.4) is 0 Å². The van der Waals surface area contributed by atoms with Crippen molar-refractivity contribution in [2.24, 2.45) is 0 Å². The fraction of sp³-hybridized carbons (Fsp3) is 0.143. The van der Waals surface area contributed by atoms with Gasteiger partial charge in [-0.15, -0.1) is 0 Å². The van der Waals surface area contributed by atoms with Gasteiger partial charge in [0.15, 0.2) is 0 Å². The largest absolute Gasteiger partial charge is 0.307 e. The number of alkyl halides is 1. The normalized spacial score (nSPS) is 10.0. The topological polar surface area (TPSA) is 86.3 Å². The Balaban J connectivity index is 0.000000251. The molecule has 2 aromatic carbocycles. The molecule has 25 heavy (non-hydrogen) atoms. The van der Waals surface area contributed by atoms with Crippen LogP contribution in [0.1, 0.15) is 11.1 Å². The molecule has 0 aliphatic heterocycles. The monoisotopic (exact) mass is 424 g/mol. The van der Waals surface area contributed by atoms with Gasteiger partial charge in [-0.1, -0.05) is 15.9 Å². The van der Waals surface area contributed by atoms with Gasteiger partial charge >= 0.3 is 11.4 Å². The number of nitrogens with zero attached hydrogens (tertiary/aromatic N) is 2. The Morgan fingerprint density at radius 2 is 1.28 bits per heavy atom. The van der Waals surface area contributed by atoms with Gasteiger partial charge in [0.05, 0.1) is 22.0 Å². The summed E-state index contributed by atoms with van der Waals surface area (Å²) in [4.78, 5) is 18.3. The quantitative estimate of drug-likeness (QED) is 0.302. The molecule has 0 radical (unpaired) electrons. The van der Waals surface area contributed by atoms with Crippen LogP contribution in [-0.2, 0) is 5.33 Å². The van der Waals surface area contributed by atoms with Gasteiger partial charge in [-0.2, -0.15) is 8.78 Å². The predicted molar refractivity (Wildman–Crippen MR) is 83.4 cm³/mol. The molecule has 0 amide bonds. The second kappa shape index (κ2) is 8.51. The first-order chi connectivity index (χ1) is 11.6. The van der Waals surface area contributed by atoms with E-state index in [1.54, 1.807) is 0 Å². The Bertz CT molecular complexity index is 833. The highest BCUT2D eigenvalue weighted by Gasteiger charge is 2.18. The van der Waals surface area contributed by atoms with E-state index < -0.39 is 44.5 Å². The lowest BCUT2D eigenvalue weighted by Gasteiger charge is -1.99. The minimum absolute atomic E-state index is 0.0538. The summed E-state index contributed by atoms with van der Waals surface area (Å²) in [6.07, 6.45) is 0. The molecule has 0 aliphatic rings. The van der Waals surface area contributed by atoms with Gasteiger partial charge < -0.3 is 0 Å². The molecular weight excluding hydrogens is 416 g/mol. The number of hydrogen-bond acceptors (Lipinski definition) is 4. The first kappa shape index (κ1) is 20.5. The lowest BCUT2D eigenvalue weighted by Crippen LogP contribution is -1.96. The maximum Gasteiger partial charge on any atom is 0.307 e. The fourth-order valence-electron chi connectivity index (χ4n) is 1.60. The average molecular weight is 425 g/mol. The van der Waals surface area contributed by atoms with Crippen molar-refractivity contribution in [1.29, 1.82) is 0 Å². The second-order valence-electron chi connectivity index (χ2n) is 4.60. The standard InChI is InChI=1S/C7H4BrF2NO2.C7H5F2NO2/c8-3-4-1-6(10)7(11(12)13)2-5(4)9;1-4-2-6(9)7(10(11)12)3-5(4)8/h1-2H,3H2;2-3H,1H3. The molecule has 6 nitrogen and oxygen atoms in total. The third kappa shape index (κ3) is 5.21. The molecule has 0 N–H and O–H groups in total. The van der Waals surface area contributed by atoms with E-state index in [0.29, 0.717) is 12.1 Å². The van der Waals surface area contributed by atoms with Crippen LogP contribution in [0.25, 0.3) is 0 Å². The number of nitro groups is 2. The summed E-state index contributed by atoms with van der Waals surface area (Å²) in [5, 5.41) is 20.4. The van der Waals surface area contributed by atoms with E-state index in [2.05, 4.69) is 15.9 Å². The molecule has 134 valence electrons. The van der Waals surface area contributed by atoms with E-state index in [9.17, 15) is 37.8 Å². The average Bonchev–Trinajstić information content (AvgIpc) is 2.52. The first-order valence-electron chi connectivity index (χ1n) is 6.36. The van der Waals surface area contributed by atoms with Crippen molar-refractivity contribution < 1.29 is 27.4 Å². The minimum atomic E-state index is -1.03. The molecular formula is C14H9BrF4N2O4. The third-order valence-electron chi connectivity index (χ3n) is 2.88. The Kier molecular flexibility index (Phi) is 6.97. The Morgan fingerprint density at radius 3 is 1.72 bits per heavy atom. The van der Waals surface area contributed by atoms with Crippen LogP contribution < -0.4 is 0 Å². The molecule has 0 saturated heterocycles. The Labute approximate surface area is 146 Å². The van der Waals surface area contributed by atoms with Crippen molar-refractivity contribution in [3.05, 3.63) is 78.9 Å². The predicted octanol–water partition coefficient (Wildman–Crippen LogP) is 4.95. The van der Waals surface area contributed by atoms with Gasteiger partial charge in [0.2, 0.25) is 11.6 Å². The Morgan fingerprint density at radius 1 is 0.840 bits per heavy atom. The zero-order chi connectivity index (χ0) is 19.3. The summed E-state index contributed by atoms with van der Waals surface area (Å²) >= 11 is 2.93. The molecule has 0 saturated carbocycles. The number of nitro benzene ring substituents is 2. The summed E-state index contributed by atoms with van der Waals surface area (Å²) in [6.45, 7) is 1.34. The molecule has 2 aromatic rings. The van der Waals surface area contributed by atoms with Gasteiger partial charge in [0, 0.05) is 10.9 Å². The van der Waals surface area contributed by atoms with E-state index in [0.717, 1.165) is 12.1 Å². The number of hydrogen-bond donors (Lipinski definition) is 0. The highest BCUT2D eigenvalue weighted by molar-refractivity contribution is 9.08. The van der Waals surface area contributed by atoms with Gasteiger partial charge in [-0.3, -0.25) is 20.2 Å². The fourth-order valence-corrected chi connectivity index (χ4v) is 2.03. The van der Waals surface area contributed by atoms with Crippen molar-refractivity contribution in [3.63, 3.8) is 0 Å². The molecule has 0 bridgehead atoms. The number of aryl methyl sites for hydroxylation is 1. The van der Waals surface area contributed by atoms with Crippen LogP contribution in [0.5, 0.6) is 0 Å². The Hall–Kier alpha value is -2.56. The van der Waals surface area contributed by atoms with Crippen molar-refractivity contribution >= 4 is 27.3 Å². The molecule has 0 aromatic heterocycles. The number of halogens is 5. The van der Waals surface area contributed by atoms with E-state index in [4.69, 9.17) is 0 Å². The van der Waals surface area contributed by atoms with Crippen LogP contribution in [0.2, 0.25) is 0 Å². The molecule has 0 unspecified atom stereocenters. The van der Waals surface area contributed by atoms with Gasteiger partial charge in [0.25, 0.3) is 0 Å². The van der Waals surface area contributed by atoms with Gasteiger partial charge in [-0.05, 0) is 24.6 Å². The van der Waals surface area contributed by atoms with E-state index in [1.807, 2.05) is 0 Å². The first-order valence-corrected chi connectivity index (χ1v) is 7.49. The minimum Gasteiger partial charge on any atom is -0.258 e. The van der Waals surface area contributed by atoms with Crippen LogP contribution in [-0.4, -0.2) is 9.85 Å². The molecule has 0 spiro atoms. The van der Waals surface area contributed by atoms with Crippen LogP contribution in [0.4, 0.5) is 28.9 Å². The molecule has 0 fully saturated rings. The molecule has 0 heterocycles. The van der Waals surface area contributed by atoms with Crippen molar-refractivity contribution in [2.75, 3.05) is 0 Å². The lowest BCUT2D eigenvalue weighted by atomic mass is 10.2. The van der Waals surface area contributed by atoms with Crippen molar-refractivity contribution in [2.45, 2.75) is 12.3 Å². The maximum absolute atomic E-state index is 12.9. The summed E-state index contributed by atoms with van der Waals surface area (Å²) in [5.74, 6) is -3.60. The SMILES string of the molecule is Cc1cc(F)c([N+](=O)[O-])cc1F.O=[N+]([O-])c1cc(F)c(CBr)cc1F. The smallest absolute Gasteiger partial charge is 0.258 e. The van der Waals surface area contributed by atoms with Crippen LogP contribution >= 0.6 is 15.9 Å². The summed E-state index contributed by atoms with van der Waals surface area (Å²) in [5.41, 5.74) is -1.57. The van der Waals surface area contributed by atoms with Crippen LogP contribution in [0.15, 0.2) is 24.3 Å². The maximum atomic E-state index is 12.9. The van der Waals surface area contributed by atoms with Crippen molar-refractivity contribution in [1.82, 2.24) is 0 Å². The second-order valence-corrected chi connectivity index (χ2v) is 5.16. The third-order valence-corrected chi connectivity index (χ3v) is 3.49. The zero-order valence-electron chi connectivity index (χ0n) is 12.4. The zero-order valence-corrected chi connectivity index (χ0v) is 14.0. The van der Waals surface area contributed by atoms with Crippen molar-refractivity contribution in [3.8, 4) is 0 Å². The molecule has 11 heteroatoms. The molecule has 2 rings (SSSR count). The summed E-state index contributed by atoms with van der Waals surface area (Å²) in [6, 6.07) is 2.76.